The molecule has 3 nitrogen and oxygen atoms in total. The Kier molecular flexibility index (Phi) is 4.54. The summed E-state index contributed by atoms with van der Waals surface area (Å²) >= 11 is 5.80. The molecule has 0 aromatic heterocycles. The molecule has 1 aliphatic rings. The van der Waals surface area contributed by atoms with E-state index < -0.39 is 10.0 Å². The van der Waals surface area contributed by atoms with Crippen LogP contribution in [0.4, 0.5) is 0 Å². The van der Waals surface area contributed by atoms with Crippen molar-refractivity contribution in [3.8, 4) is 0 Å². The molecular weight excluding hydrogens is 282 g/mol. The largest absolute Gasteiger partial charge is 0.243 e. The zero-order chi connectivity index (χ0) is 14.0. The van der Waals surface area contributed by atoms with Crippen LogP contribution in [0.15, 0.2) is 23.1 Å². The number of benzene rings is 1. The fourth-order valence-electron chi connectivity index (χ4n) is 2.51. The average molecular weight is 302 g/mol. The van der Waals surface area contributed by atoms with Crippen LogP contribution in [0.25, 0.3) is 0 Å². The maximum Gasteiger partial charge on any atom is 0.243 e. The molecule has 1 unspecified atom stereocenters. The van der Waals surface area contributed by atoms with Crippen molar-refractivity contribution in [2.75, 3.05) is 13.1 Å². The molecule has 5 heteroatoms. The lowest BCUT2D eigenvalue weighted by atomic mass is 10.0. The summed E-state index contributed by atoms with van der Waals surface area (Å²) in [6.07, 6.45) is 2.04. The van der Waals surface area contributed by atoms with Gasteiger partial charge in [0.1, 0.15) is 0 Å². The van der Waals surface area contributed by atoms with Crippen molar-refractivity contribution >= 4 is 21.6 Å². The van der Waals surface area contributed by atoms with Crippen LogP contribution in [0.5, 0.6) is 0 Å². The fraction of sp³-hybridized carbons (Fsp3) is 0.571. The van der Waals surface area contributed by atoms with Crippen LogP contribution in [0.2, 0.25) is 0 Å². The van der Waals surface area contributed by atoms with E-state index in [0.717, 1.165) is 24.0 Å². The van der Waals surface area contributed by atoms with Crippen LogP contribution in [0.3, 0.4) is 0 Å². The molecule has 19 heavy (non-hydrogen) atoms. The van der Waals surface area contributed by atoms with Crippen LogP contribution >= 0.6 is 11.6 Å². The molecular formula is C14H20ClNO2S. The minimum Gasteiger partial charge on any atom is -0.207 e. The topological polar surface area (TPSA) is 37.4 Å². The Morgan fingerprint density at radius 2 is 2.16 bits per heavy atom. The molecule has 0 bridgehead atoms. The first-order valence-corrected chi connectivity index (χ1v) is 8.58. The average Bonchev–Trinajstić information content (AvgIpc) is 2.39. The third-order valence-corrected chi connectivity index (χ3v) is 5.96. The number of nitrogens with zero attached hydrogens (tertiary/aromatic N) is 1. The predicted octanol–water partition coefficient (Wildman–Crippen LogP) is 3.15. The third kappa shape index (κ3) is 3.12. The van der Waals surface area contributed by atoms with E-state index in [-0.39, 0.29) is 0 Å². The number of sulfonamides is 1. The Balaban J connectivity index is 2.38. The van der Waals surface area contributed by atoms with Crippen molar-refractivity contribution in [1.82, 2.24) is 4.31 Å². The van der Waals surface area contributed by atoms with Crippen molar-refractivity contribution in [3.05, 3.63) is 29.3 Å². The highest BCUT2D eigenvalue weighted by molar-refractivity contribution is 7.89. The van der Waals surface area contributed by atoms with Gasteiger partial charge in [-0.25, -0.2) is 8.42 Å². The lowest BCUT2D eigenvalue weighted by Crippen LogP contribution is -2.39. The van der Waals surface area contributed by atoms with E-state index in [2.05, 4.69) is 6.92 Å². The quantitative estimate of drug-likeness (QED) is 0.804. The molecule has 1 aliphatic heterocycles. The summed E-state index contributed by atoms with van der Waals surface area (Å²) in [5.41, 5.74) is 1.63. The first-order valence-electron chi connectivity index (χ1n) is 6.61. The second-order valence-corrected chi connectivity index (χ2v) is 7.52. The fourth-order valence-corrected chi connectivity index (χ4v) is 4.55. The number of rotatable bonds is 3. The van der Waals surface area contributed by atoms with Crippen molar-refractivity contribution in [2.24, 2.45) is 5.92 Å². The van der Waals surface area contributed by atoms with Crippen LogP contribution < -0.4 is 0 Å². The highest BCUT2D eigenvalue weighted by atomic mass is 35.5. The summed E-state index contributed by atoms with van der Waals surface area (Å²) in [5, 5.41) is 0. The van der Waals surface area contributed by atoms with Gasteiger partial charge >= 0.3 is 0 Å². The molecule has 1 fully saturated rings. The van der Waals surface area contributed by atoms with E-state index in [0.29, 0.717) is 29.8 Å². The zero-order valence-corrected chi connectivity index (χ0v) is 13.0. The van der Waals surface area contributed by atoms with Gasteiger partial charge in [-0.2, -0.15) is 4.31 Å². The summed E-state index contributed by atoms with van der Waals surface area (Å²) in [7, 11) is -3.38. The van der Waals surface area contributed by atoms with E-state index >= 15 is 0 Å². The number of piperidine rings is 1. The molecule has 0 aliphatic carbocycles. The number of halogens is 1. The number of hydrogen-bond acceptors (Lipinski definition) is 2. The molecule has 1 aromatic rings. The first kappa shape index (κ1) is 14.8. The zero-order valence-electron chi connectivity index (χ0n) is 11.4. The molecule has 1 aromatic carbocycles. The normalized spacial score (nSPS) is 21.5. The van der Waals surface area contributed by atoms with Crippen LogP contribution in [0, 0.1) is 12.8 Å². The summed E-state index contributed by atoms with van der Waals surface area (Å²) in [6, 6.07) is 5.41. The van der Waals surface area contributed by atoms with Gasteiger partial charge in [0.05, 0.1) is 4.90 Å². The number of hydrogen-bond donors (Lipinski definition) is 0. The Morgan fingerprint density at radius 1 is 1.42 bits per heavy atom. The SMILES string of the molecule is Cc1ccc(CCl)cc1S(=O)(=O)N1CCCC(C)C1. The van der Waals surface area contributed by atoms with Gasteiger partial charge in [-0.15, -0.1) is 11.6 Å². The molecule has 2 rings (SSSR count). The predicted molar refractivity (Wildman–Crippen MR) is 77.9 cm³/mol. The minimum atomic E-state index is -3.38. The van der Waals surface area contributed by atoms with Crippen molar-refractivity contribution in [2.45, 2.75) is 37.5 Å². The molecule has 0 radical (unpaired) electrons. The Morgan fingerprint density at radius 3 is 2.79 bits per heavy atom. The van der Waals surface area contributed by atoms with Gasteiger partial charge < -0.3 is 0 Å². The minimum absolute atomic E-state index is 0.333. The molecule has 1 atom stereocenters. The van der Waals surface area contributed by atoms with Crippen molar-refractivity contribution in [3.63, 3.8) is 0 Å². The summed E-state index contributed by atoms with van der Waals surface area (Å²) in [4.78, 5) is 0.403. The highest BCUT2D eigenvalue weighted by Gasteiger charge is 2.29. The summed E-state index contributed by atoms with van der Waals surface area (Å²) < 4.78 is 27.0. The monoisotopic (exact) mass is 301 g/mol. The Labute approximate surface area is 120 Å². The van der Waals surface area contributed by atoms with Gasteiger partial charge in [0.2, 0.25) is 10.0 Å². The molecule has 106 valence electrons. The van der Waals surface area contributed by atoms with E-state index in [9.17, 15) is 8.42 Å². The maximum absolute atomic E-state index is 12.7. The first-order chi connectivity index (χ1) is 8.95. The lowest BCUT2D eigenvalue weighted by Gasteiger charge is -2.30. The van der Waals surface area contributed by atoms with Crippen molar-refractivity contribution < 1.29 is 8.42 Å². The number of alkyl halides is 1. The molecule has 0 spiro atoms. The third-order valence-electron chi connectivity index (χ3n) is 3.64. The van der Waals surface area contributed by atoms with Gasteiger partial charge in [0.25, 0.3) is 0 Å². The summed E-state index contributed by atoms with van der Waals surface area (Å²) in [6.45, 7) is 5.17. The molecule has 1 saturated heterocycles. The van der Waals surface area contributed by atoms with E-state index in [1.807, 2.05) is 19.1 Å². The molecule has 0 amide bonds. The van der Waals surface area contributed by atoms with Crippen LogP contribution in [-0.4, -0.2) is 25.8 Å². The standard InChI is InChI=1S/C14H20ClNO2S/c1-11-4-3-7-16(10-11)19(17,18)14-8-13(9-15)6-5-12(14)2/h5-6,8,11H,3-4,7,9-10H2,1-2H3. The molecule has 0 N–H and O–H groups in total. The van der Waals surface area contributed by atoms with Gasteiger partial charge in [0.15, 0.2) is 0 Å². The van der Waals surface area contributed by atoms with Crippen LogP contribution in [-0.2, 0) is 15.9 Å². The second kappa shape index (κ2) is 5.81. The maximum atomic E-state index is 12.7. The van der Waals surface area contributed by atoms with Gasteiger partial charge in [-0.1, -0.05) is 19.1 Å². The van der Waals surface area contributed by atoms with Gasteiger partial charge in [-0.05, 0) is 42.9 Å². The van der Waals surface area contributed by atoms with E-state index in [4.69, 9.17) is 11.6 Å². The second-order valence-electron chi connectivity index (χ2n) is 5.34. The highest BCUT2D eigenvalue weighted by Crippen LogP contribution is 2.26. The van der Waals surface area contributed by atoms with Crippen LogP contribution in [0.1, 0.15) is 30.9 Å². The van der Waals surface area contributed by atoms with Crippen molar-refractivity contribution in [1.29, 1.82) is 0 Å². The van der Waals surface area contributed by atoms with E-state index in [1.165, 1.54) is 0 Å². The lowest BCUT2D eigenvalue weighted by molar-refractivity contribution is 0.281. The van der Waals surface area contributed by atoms with E-state index in [1.54, 1.807) is 10.4 Å². The molecule has 1 heterocycles. The van der Waals surface area contributed by atoms with Gasteiger partial charge in [0, 0.05) is 19.0 Å². The summed E-state index contributed by atoms with van der Waals surface area (Å²) in [5.74, 6) is 0.763. The van der Waals surface area contributed by atoms with Gasteiger partial charge in [-0.3, -0.25) is 0 Å². The smallest absolute Gasteiger partial charge is 0.207 e. The molecule has 0 saturated carbocycles. The Bertz CT molecular complexity index is 557. The Hall–Kier alpha value is -0.580. The number of aryl methyl sites for hydroxylation is 1.